The number of aromatic hydroxyl groups is 1. The van der Waals surface area contributed by atoms with E-state index in [0.717, 1.165) is 11.3 Å². The van der Waals surface area contributed by atoms with E-state index in [1.165, 1.54) is 30.0 Å². The first-order valence-electron chi connectivity index (χ1n) is 9.47. The average Bonchev–Trinajstić information content (AvgIpc) is 3.41. The van der Waals surface area contributed by atoms with Gasteiger partial charge in [-0.05, 0) is 30.2 Å². The van der Waals surface area contributed by atoms with Crippen LogP contribution in [0.4, 0.5) is 5.69 Å². The topological polar surface area (TPSA) is 140 Å². The molecule has 0 amide bonds. The monoisotopic (exact) mass is 446 g/mol. The van der Waals surface area contributed by atoms with Crippen LogP contribution in [0.25, 0.3) is 0 Å². The van der Waals surface area contributed by atoms with Crippen LogP contribution in [0.2, 0.25) is 0 Å². The van der Waals surface area contributed by atoms with Crippen molar-refractivity contribution in [3.8, 4) is 5.75 Å². The number of fused-ring (bicyclic) bond motifs is 9. The van der Waals surface area contributed by atoms with Gasteiger partial charge in [0.2, 0.25) is 0 Å². The van der Waals surface area contributed by atoms with Crippen molar-refractivity contribution in [3.05, 3.63) is 48.4 Å². The number of carbonyl (C=O) groups is 2. The number of thioether (sulfide) groups is 1. The number of benzene rings is 1. The van der Waals surface area contributed by atoms with E-state index in [-0.39, 0.29) is 39.3 Å². The van der Waals surface area contributed by atoms with Crippen LogP contribution in [0.5, 0.6) is 5.75 Å². The number of hydrogen-bond donors (Lipinski definition) is 2. The number of thiazole rings is 1. The SMILES string of the molecule is O=C1OC(=O)[C@@H]2[C@H]3C[C@H]([C@@H]12)[C@@H]1[C@H](c2cc([N+](=O)[O-])ccc2O)c2sc(=O)[nH]c2S[C@@H]31. The number of aromatic nitrogens is 1. The van der Waals surface area contributed by atoms with E-state index in [9.17, 15) is 29.6 Å². The standard InChI is InChI=1S/C19H14N2O7S2/c22-9-2-1-5(21(26)27)3-6(9)10-11-7-4-8(13-12(7)17(23)28-18(13)24)14(11)29-16-15(10)30-19(25)20-16/h1-3,7-8,10-14,22H,4H2,(H,20,25)/t7-,8+,10-,11+,12+,13+,14-/m0/s1. The summed E-state index contributed by atoms with van der Waals surface area (Å²) in [6.07, 6.45) is 0.684. The van der Waals surface area contributed by atoms with E-state index in [4.69, 9.17) is 4.74 Å². The van der Waals surface area contributed by atoms with Crippen molar-refractivity contribution in [2.75, 3.05) is 0 Å². The lowest BCUT2D eigenvalue weighted by Gasteiger charge is -2.42. The van der Waals surface area contributed by atoms with Crippen molar-refractivity contribution in [1.29, 1.82) is 0 Å². The fourth-order valence-corrected chi connectivity index (χ4v) is 8.95. The quantitative estimate of drug-likeness (QED) is 0.310. The molecular formula is C19H14N2O7S2. The number of nitro benzene ring substituents is 1. The Morgan fingerprint density at radius 2 is 1.90 bits per heavy atom. The number of ether oxygens (including phenoxy) is 1. The van der Waals surface area contributed by atoms with Crippen LogP contribution in [0.1, 0.15) is 22.8 Å². The second kappa shape index (κ2) is 5.94. The molecule has 2 saturated carbocycles. The number of phenolic OH excluding ortho intramolecular Hbond substituents is 1. The van der Waals surface area contributed by atoms with Crippen molar-refractivity contribution in [3.63, 3.8) is 0 Å². The van der Waals surface area contributed by atoms with E-state index in [1.54, 1.807) is 0 Å². The number of non-ortho nitro benzene ring substituents is 1. The van der Waals surface area contributed by atoms with Gasteiger partial charge < -0.3 is 14.8 Å². The molecule has 7 atom stereocenters. The highest BCUT2D eigenvalue weighted by atomic mass is 32.2. The molecule has 2 aromatic rings. The minimum Gasteiger partial charge on any atom is -0.508 e. The molecule has 6 rings (SSSR count). The Morgan fingerprint density at radius 3 is 2.63 bits per heavy atom. The maximum absolute atomic E-state index is 12.4. The first-order valence-corrected chi connectivity index (χ1v) is 11.2. The second-order valence-electron chi connectivity index (χ2n) is 8.20. The number of nitrogens with one attached hydrogen (secondary N) is 1. The third-order valence-corrected chi connectivity index (χ3v) is 9.60. The van der Waals surface area contributed by atoms with E-state index in [0.29, 0.717) is 21.9 Å². The number of nitro groups is 1. The Labute approximate surface area is 176 Å². The average molecular weight is 446 g/mol. The van der Waals surface area contributed by atoms with Gasteiger partial charge in [0.05, 0.1) is 21.8 Å². The lowest BCUT2D eigenvalue weighted by molar-refractivity contribution is -0.385. The maximum Gasteiger partial charge on any atom is 0.317 e. The van der Waals surface area contributed by atoms with Gasteiger partial charge in [0.25, 0.3) is 5.69 Å². The first kappa shape index (κ1) is 18.1. The molecule has 154 valence electrons. The molecule has 0 spiro atoms. The van der Waals surface area contributed by atoms with Gasteiger partial charge in [-0.2, -0.15) is 0 Å². The molecule has 2 aliphatic carbocycles. The third-order valence-electron chi connectivity index (χ3n) is 7.02. The zero-order valence-corrected chi connectivity index (χ0v) is 16.8. The Kier molecular flexibility index (Phi) is 3.59. The molecule has 2 N–H and O–H groups in total. The largest absolute Gasteiger partial charge is 0.508 e. The highest BCUT2D eigenvalue weighted by molar-refractivity contribution is 8.00. The third kappa shape index (κ3) is 2.21. The highest BCUT2D eigenvalue weighted by Gasteiger charge is 2.69. The van der Waals surface area contributed by atoms with Crippen LogP contribution >= 0.6 is 23.1 Å². The van der Waals surface area contributed by atoms with E-state index >= 15 is 0 Å². The molecule has 30 heavy (non-hydrogen) atoms. The van der Waals surface area contributed by atoms with E-state index < -0.39 is 34.6 Å². The number of esters is 2. The summed E-state index contributed by atoms with van der Waals surface area (Å²) in [6, 6.07) is 3.88. The van der Waals surface area contributed by atoms with Gasteiger partial charge in [0.1, 0.15) is 5.75 Å². The zero-order valence-electron chi connectivity index (χ0n) is 15.1. The van der Waals surface area contributed by atoms with Crippen LogP contribution < -0.4 is 4.87 Å². The van der Waals surface area contributed by atoms with Gasteiger partial charge in [-0.1, -0.05) is 11.3 Å². The number of carbonyl (C=O) groups excluding carboxylic acids is 2. The van der Waals surface area contributed by atoms with Crippen LogP contribution in [0.3, 0.4) is 0 Å². The number of phenols is 1. The Balaban J connectivity index is 1.55. The summed E-state index contributed by atoms with van der Waals surface area (Å²) < 4.78 is 4.93. The molecule has 1 aromatic carbocycles. The van der Waals surface area contributed by atoms with Gasteiger partial charge in [-0.3, -0.25) is 24.5 Å². The van der Waals surface area contributed by atoms with Crippen molar-refractivity contribution in [2.45, 2.75) is 22.6 Å². The van der Waals surface area contributed by atoms with Gasteiger partial charge in [0.15, 0.2) is 0 Å². The van der Waals surface area contributed by atoms with Crippen LogP contribution in [-0.2, 0) is 14.3 Å². The van der Waals surface area contributed by atoms with Crippen molar-refractivity contribution in [2.24, 2.45) is 29.6 Å². The molecule has 0 unspecified atom stereocenters. The number of cyclic esters (lactones) is 2. The van der Waals surface area contributed by atoms with Crippen molar-refractivity contribution >= 4 is 40.7 Å². The predicted octanol–water partition coefficient (Wildman–Crippen LogP) is 2.24. The lowest BCUT2D eigenvalue weighted by Crippen LogP contribution is -2.42. The molecule has 2 aliphatic heterocycles. The lowest BCUT2D eigenvalue weighted by atomic mass is 9.68. The molecule has 11 heteroatoms. The van der Waals surface area contributed by atoms with Gasteiger partial charge in [-0.25, -0.2) is 0 Å². The number of H-pyrrole nitrogens is 1. The zero-order chi connectivity index (χ0) is 20.9. The molecule has 0 radical (unpaired) electrons. The number of aromatic amines is 1. The molecule has 1 aromatic heterocycles. The normalized spacial score (nSPS) is 35.7. The molecule has 1 saturated heterocycles. The van der Waals surface area contributed by atoms with Crippen LogP contribution in [0, 0.1) is 39.7 Å². The number of hydrogen-bond acceptors (Lipinski definition) is 9. The highest BCUT2D eigenvalue weighted by Crippen LogP contribution is 2.68. The molecule has 4 aliphatic rings. The molecule has 3 fully saturated rings. The number of rotatable bonds is 2. The fraction of sp³-hybridized carbons (Fsp3) is 0.421. The Hall–Kier alpha value is -2.66. The van der Waals surface area contributed by atoms with Gasteiger partial charge in [0, 0.05) is 33.7 Å². The molecular weight excluding hydrogens is 432 g/mol. The summed E-state index contributed by atoms with van der Waals surface area (Å²) in [4.78, 5) is 50.9. The smallest absolute Gasteiger partial charge is 0.317 e. The maximum atomic E-state index is 12.4. The summed E-state index contributed by atoms with van der Waals surface area (Å²) >= 11 is 2.52. The Bertz CT molecular complexity index is 1200. The summed E-state index contributed by atoms with van der Waals surface area (Å²) in [5.41, 5.74) is 0.219. The van der Waals surface area contributed by atoms with Gasteiger partial charge >= 0.3 is 16.8 Å². The molecule has 2 bridgehead atoms. The fourth-order valence-electron chi connectivity index (χ4n) is 6.07. The molecule has 9 nitrogen and oxygen atoms in total. The summed E-state index contributed by atoms with van der Waals surface area (Å²) in [5, 5.41) is 22.6. The minimum absolute atomic E-state index is 0.0592. The van der Waals surface area contributed by atoms with Crippen LogP contribution in [0.15, 0.2) is 28.0 Å². The predicted molar refractivity (Wildman–Crippen MR) is 104 cm³/mol. The van der Waals surface area contributed by atoms with Gasteiger partial charge in [-0.15, -0.1) is 11.8 Å². The molecule has 3 heterocycles. The van der Waals surface area contributed by atoms with E-state index in [1.807, 2.05) is 0 Å². The van der Waals surface area contributed by atoms with E-state index in [2.05, 4.69) is 4.98 Å². The Morgan fingerprint density at radius 1 is 1.17 bits per heavy atom. The first-order chi connectivity index (χ1) is 14.3. The summed E-state index contributed by atoms with van der Waals surface area (Å²) in [5.74, 6) is -2.91. The van der Waals surface area contributed by atoms with Crippen molar-refractivity contribution < 1.29 is 24.4 Å². The summed E-state index contributed by atoms with van der Waals surface area (Å²) in [7, 11) is 0. The second-order valence-corrected chi connectivity index (χ2v) is 10.4. The number of nitrogens with zero attached hydrogens (tertiary/aromatic N) is 1. The van der Waals surface area contributed by atoms with Crippen LogP contribution in [-0.4, -0.2) is 32.2 Å². The minimum atomic E-state index is -0.525. The summed E-state index contributed by atoms with van der Waals surface area (Å²) in [6.45, 7) is 0. The van der Waals surface area contributed by atoms with Crippen molar-refractivity contribution in [1.82, 2.24) is 4.98 Å².